The molecule has 1 aliphatic rings. The minimum absolute atomic E-state index is 0.0319. The molecular weight excluding hydrogens is 270 g/mol. The van der Waals surface area contributed by atoms with E-state index >= 15 is 0 Å². The topological polar surface area (TPSA) is 66.8 Å². The van der Waals surface area contributed by atoms with Gasteiger partial charge in [0, 0.05) is 0 Å². The van der Waals surface area contributed by atoms with Crippen molar-refractivity contribution in [1.29, 1.82) is 0 Å². The summed E-state index contributed by atoms with van der Waals surface area (Å²) in [6, 6.07) is 7.59. The van der Waals surface area contributed by atoms with E-state index in [2.05, 4.69) is 20.8 Å². The van der Waals surface area contributed by atoms with Crippen LogP contribution in [0.25, 0.3) is 0 Å². The Morgan fingerprint density at radius 1 is 1.14 bits per heavy atom. The molecule has 0 bridgehead atoms. The Kier molecular flexibility index (Phi) is 4.44. The number of hydrogen-bond acceptors (Lipinski definition) is 4. The summed E-state index contributed by atoms with van der Waals surface area (Å²) in [5.41, 5.74) is 1.90. The van der Waals surface area contributed by atoms with Crippen molar-refractivity contribution in [2.75, 3.05) is 19.8 Å². The van der Waals surface area contributed by atoms with E-state index < -0.39 is 17.9 Å². The van der Waals surface area contributed by atoms with Crippen molar-refractivity contribution in [2.24, 2.45) is 0 Å². The molecule has 114 valence electrons. The van der Waals surface area contributed by atoms with Gasteiger partial charge in [-0.1, -0.05) is 45.0 Å². The smallest absolute Gasteiger partial charge is 0.255 e. The van der Waals surface area contributed by atoms with Gasteiger partial charge in [-0.05, 0) is 16.5 Å². The van der Waals surface area contributed by atoms with Crippen molar-refractivity contribution < 1.29 is 19.4 Å². The summed E-state index contributed by atoms with van der Waals surface area (Å²) in [7, 11) is 0. The number of aliphatic hydroxyl groups is 1. The summed E-state index contributed by atoms with van der Waals surface area (Å²) in [6.07, 6.45) is -0.884. The molecule has 1 aromatic carbocycles. The van der Waals surface area contributed by atoms with Crippen LogP contribution in [0, 0.1) is 0 Å². The standard InChI is InChI=1S/C16H21NO4/c1-16(2,3)12-6-4-11(5-7-12)13(18)8-17-14(19)9-21-10-15(17)20/h4-7,13,18H,8-10H2,1-3H3. The van der Waals surface area contributed by atoms with E-state index in [0.717, 1.165) is 10.5 Å². The van der Waals surface area contributed by atoms with Gasteiger partial charge in [0.1, 0.15) is 13.2 Å². The number of ether oxygens (including phenoxy) is 1. The molecule has 1 heterocycles. The number of nitrogens with zero attached hydrogens (tertiary/aromatic N) is 1. The number of benzene rings is 1. The van der Waals surface area contributed by atoms with Gasteiger partial charge >= 0.3 is 0 Å². The van der Waals surface area contributed by atoms with Gasteiger partial charge in [-0.2, -0.15) is 0 Å². The maximum Gasteiger partial charge on any atom is 0.255 e. The van der Waals surface area contributed by atoms with Crippen molar-refractivity contribution in [2.45, 2.75) is 32.3 Å². The second-order valence-corrected chi connectivity index (χ2v) is 6.28. The van der Waals surface area contributed by atoms with Crippen molar-refractivity contribution in [3.63, 3.8) is 0 Å². The van der Waals surface area contributed by atoms with E-state index in [0.29, 0.717) is 5.56 Å². The molecule has 1 N–H and O–H groups in total. The first-order valence-electron chi connectivity index (χ1n) is 6.98. The second-order valence-electron chi connectivity index (χ2n) is 6.28. The third-order valence-corrected chi connectivity index (χ3v) is 3.57. The lowest BCUT2D eigenvalue weighted by molar-refractivity contribution is -0.160. The predicted molar refractivity (Wildman–Crippen MR) is 77.6 cm³/mol. The SMILES string of the molecule is CC(C)(C)c1ccc(C(O)CN2C(=O)COCC2=O)cc1. The molecule has 5 heteroatoms. The number of aliphatic hydroxyl groups excluding tert-OH is 1. The molecule has 1 aromatic rings. The first-order chi connectivity index (χ1) is 9.79. The van der Waals surface area contributed by atoms with Crippen molar-refractivity contribution in [1.82, 2.24) is 4.90 Å². The van der Waals surface area contributed by atoms with Crippen LogP contribution in [-0.2, 0) is 19.7 Å². The van der Waals surface area contributed by atoms with E-state index in [9.17, 15) is 14.7 Å². The molecule has 21 heavy (non-hydrogen) atoms. The quantitative estimate of drug-likeness (QED) is 0.855. The monoisotopic (exact) mass is 291 g/mol. The molecular formula is C16H21NO4. The fourth-order valence-electron chi connectivity index (χ4n) is 2.21. The van der Waals surface area contributed by atoms with Crippen LogP contribution in [0.5, 0.6) is 0 Å². The molecule has 0 spiro atoms. The van der Waals surface area contributed by atoms with E-state index in [1.165, 1.54) is 0 Å². The number of hydrogen-bond donors (Lipinski definition) is 1. The Morgan fingerprint density at radius 2 is 1.67 bits per heavy atom. The van der Waals surface area contributed by atoms with Gasteiger partial charge in [0.15, 0.2) is 0 Å². The van der Waals surface area contributed by atoms with Crippen LogP contribution in [0.2, 0.25) is 0 Å². The highest BCUT2D eigenvalue weighted by molar-refractivity contribution is 5.98. The average molecular weight is 291 g/mol. The Morgan fingerprint density at radius 3 is 2.14 bits per heavy atom. The van der Waals surface area contributed by atoms with Crippen molar-refractivity contribution >= 4 is 11.8 Å². The molecule has 5 nitrogen and oxygen atoms in total. The zero-order chi connectivity index (χ0) is 15.6. The van der Waals surface area contributed by atoms with E-state index in [4.69, 9.17) is 4.74 Å². The maximum atomic E-state index is 11.6. The van der Waals surface area contributed by atoms with Crippen LogP contribution in [0.3, 0.4) is 0 Å². The third-order valence-electron chi connectivity index (χ3n) is 3.57. The van der Waals surface area contributed by atoms with E-state index in [1.54, 1.807) is 0 Å². The summed E-state index contributed by atoms with van der Waals surface area (Å²) in [5.74, 6) is -0.812. The van der Waals surface area contributed by atoms with Crippen molar-refractivity contribution in [3.8, 4) is 0 Å². The summed E-state index contributed by atoms with van der Waals surface area (Å²) in [5, 5.41) is 10.2. The average Bonchev–Trinajstić information content (AvgIpc) is 2.42. The van der Waals surface area contributed by atoms with E-state index in [1.807, 2.05) is 24.3 Å². The van der Waals surface area contributed by atoms with Gasteiger partial charge < -0.3 is 9.84 Å². The molecule has 1 aliphatic heterocycles. The lowest BCUT2D eigenvalue weighted by Crippen LogP contribution is -2.47. The lowest BCUT2D eigenvalue weighted by Gasteiger charge is -2.27. The van der Waals surface area contributed by atoms with Crippen LogP contribution in [0.4, 0.5) is 0 Å². The normalized spacial score (nSPS) is 18.0. The minimum Gasteiger partial charge on any atom is -0.387 e. The molecule has 2 rings (SSSR count). The minimum atomic E-state index is -0.884. The van der Waals surface area contributed by atoms with Gasteiger partial charge in [-0.25, -0.2) is 0 Å². The van der Waals surface area contributed by atoms with Gasteiger partial charge in [0.2, 0.25) is 0 Å². The molecule has 0 aromatic heterocycles. The summed E-state index contributed by atoms with van der Waals surface area (Å²) < 4.78 is 4.84. The van der Waals surface area contributed by atoms with Crippen LogP contribution < -0.4 is 0 Å². The lowest BCUT2D eigenvalue weighted by atomic mass is 9.86. The molecule has 1 atom stereocenters. The van der Waals surface area contributed by atoms with Crippen LogP contribution >= 0.6 is 0 Å². The number of amides is 2. The Hall–Kier alpha value is -1.72. The van der Waals surface area contributed by atoms with Crippen molar-refractivity contribution in [3.05, 3.63) is 35.4 Å². The van der Waals surface area contributed by atoms with Gasteiger partial charge in [-0.15, -0.1) is 0 Å². The summed E-state index contributed by atoms with van der Waals surface area (Å²) in [6.45, 7) is 6.09. The number of β-amino-alcohol motifs (C(OH)–C–C–N with tert-alkyl or cyclic N) is 1. The first-order valence-corrected chi connectivity index (χ1v) is 6.98. The van der Waals surface area contributed by atoms with Crippen LogP contribution in [0.1, 0.15) is 38.0 Å². The Bertz CT molecular complexity index is 514. The largest absolute Gasteiger partial charge is 0.387 e. The molecule has 0 aliphatic carbocycles. The van der Waals surface area contributed by atoms with Crippen LogP contribution in [0.15, 0.2) is 24.3 Å². The van der Waals surface area contributed by atoms with Gasteiger partial charge in [0.05, 0.1) is 12.6 Å². The second kappa shape index (κ2) is 5.95. The van der Waals surface area contributed by atoms with Crippen LogP contribution in [-0.4, -0.2) is 41.6 Å². The third kappa shape index (κ3) is 3.68. The van der Waals surface area contributed by atoms with Gasteiger partial charge in [-0.3, -0.25) is 14.5 Å². The molecule has 1 saturated heterocycles. The highest BCUT2D eigenvalue weighted by Gasteiger charge is 2.28. The molecule has 2 amide bonds. The zero-order valence-corrected chi connectivity index (χ0v) is 12.6. The fourth-order valence-corrected chi connectivity index (χ4v) is 2.21. The Labute approximate surface area is 124 Å². The van der Waals surface area contributed by atoms with E-state index in [-0.39, 0.29) is 25.2 Å². The van der Waals surface area contributed by atoms with Gasteiger partial charge in [0.25, 0.3) is 11.8 Å². The zero-order valence-electron chi connectivity index (χ0n) is 12.6. The molecule has 0 saturated carbocycles. The highest BCUT2D eigenvalue weighted by atomic mass is 16.5. The predicted octanol–water partition coefficient (Wildman–Crippen LogP) is 1.40. The summed E-state index contributed by atoms with van der Waals surface area (Å²) >= 11 is 0. The summed E-state index contributed by atoms with van der Waals surface area (Å²) in [4.78, 5) is 24.3. The highest BCUT2D eigenvalue weighted by Crippen LogP contribution is 2.24. The molecule has 1 fully saturated rings. The number of carbonyl (C=O) groups is 2. The first kappa shape index (κ1) is 15.7. The molecule has 0 radical (unpaired) electrons. The fraction of sp³-hybridized carbons (Fsp3) is 0.500. The number of rotatable bonds is 3. The maximum absolute atomic E-state index is 11.6. The number of carbonyl (C=O) groups excluding carboxylic acids is 2. The number of morpholine rings is 1. The molecule has 1 unspecified atom stereocenters. The number of imide groups is 1. The Balaban J connectivity index is 2.08.